The van der Waals surface area contributed by atoms with Crippen molar-refractivity contribution in [1.82, 2.24) is 9.97 Å². The molecule has 0 aromatic carbocycles. The van der Waals surface area contributed by atoms with Crippen LogP contribution in [-0.4, -0.2) is 15.9 Å². The van der Waals surface area contributed by atoms with Crippen LogP contribution in [0.5, 0.6) is 0 Å². The van der Waals surface area contributed by atoms with E-state index in [0.29, 0.717) is 22.4 Å². The number of hydrogen-bond acceptors (Lipinski definition) is 8. The standard InChI is InChI=1S/C16H14ClN5O2S2.C2H6/c1-8(18)13(26-19)15(23)22-12-3-2-9(7-21-12)14-10(17)6-11(25-14)16-20-4-5-24-16;1-2/h2-7H,18-19H2,1H3,(H,21,22,23);1-2H3/b13-8-;. The fourth-order valence-corrected chi connectivity index (χ4v) is 3.84. The SMILES string of the molecule is C/C(N)=C(/SN)C(=O)Nc1ccc(-c2sc(-c3ncco3)cc2Cl)cn1.CC. The first kappa shape index (κ1) is 22.0. The van der Waals surface area contributed by atoms with Gasteiger partial charge in [0.05, 0.1) is 21.0 Å². The topological polar surface area (TPSA) is 120 Å². The number of nitrogens with zero attached hydrogens (tertiary/aromatic N) is 2. The van der Waals surface area contributed by atoms with Crippen molar-refractivity contribution < 1.29 is 9.21 Å². The first-order chi connectivity index (χ1) is 13.5. The fraction of sp³-hybridized carbons (Fsp3) is 0.167. The molecule has 3 rings (SSSR count). The Kier molecular flexibility index (Phi) is 8.06. The Bertz CT molecular complexity index is 949. The van der Waals surface area contributed by atoms with Gasteiger partial charge in [0.2, 0.25) is 5.89 Å². The number of rotatable bonds is 5. The number of nitrogens with one attached hydrogen (secondary N) is 1. The Morgan fingerprint density at radius 3 is 2.61 bits per heavy atom. The second-order valence-corrected chi connectivity index (χ2v) is 7.24. The van der Waals surface area contributed by atoms with Crippen molar-refractivity contribution in [2.75, 3.05) is 5.32 Å². The molecule has 5 N–H and O–H groups in total. The van der Waals surface area contributed by atoms with Gasteiger partial charge in [-0.25, -0.2) is 9.97 Å². The molecule has 3 heterocycles. The van der Waals surface area contributed by atoms with Gasteiger partial charge in [0, 0.05) is 17.5 Å². The lowest BCUT2D eigenvalue weighted by Crippen LogP contribution is -2.17. The number of nitrogens with two attached hydrogens (primary N) is 2. The molecule has 0 atom stereocenters. The molecule has 148 valence electrons. The number of aromatic nitrogens is 2. The lowest BCUT2D eigenvalue weighted by atomic mass is 10.2. The van der Waals surface area contributed by atoms with Crippen molar-refractivity contribution in [3.63, 3.8) is 0 Å². The van der Waals surface area contributed by atoms with E-state index in [1.165, 1.54) is 17.6 Å². The summed E-state index contributed by atoms with van der Waals surface area (Å²) in [6.07, 6.45) is 4.71. The van der Waals surface area contributed by atoms with E-state index in [1.807, 2.05) is 19.9 Å². The predicted molar refractivity (Wildman–Crippen MR) is 117 cm³/mol. The van der Waals surface area contributed by atoms with Crippen molar-refractivity contribution in [3.05, 3.63) is 52.5 Å². The van der Waals surface area contributed by atoms with Crippen molar-refractivity contribution in [3.8, 4) is 21.2 Å². The van der Waals surface area contributed by atoms with Gasteiger partial charge in [-0.1, -0.05) is 25.4 Å². The highest BCUT2D eigenvalue weighted by molar-refractivity contribution is 8.01. The zero-order chi connectivity index (χ0) is 20.7. The van der Waals surface area contributed by atoms with Crippen molar-refractivity contribution in [2.45, 2.75) is 20.8 Å². The van der Waals surface area contributed by atoms with Crippen molar-refractivity contribution in [2.24, 2.45) is 10.9 Å². The minimum absolute atomic E-state index is 0.243. The number of carbonyl (C=O) groups excluding carboxylic acids is 1. The summed E-state index contributed by atoms with van der Waals surface area (Å²) in [5, 5.41) is 8.69. The number of thiophene rings is 1. The molecule has 0 bridgehead atoms. The molecule has 0 aliphatic rings. The zero-order valence-corrected chi connectivity index (χ0v) is 17.9. The Balaban J connectivity index is 0.00000136. The number of anilines is 1. The Hall–Kier alpha value is -2.33. The van der Waals surface area contributed by atoms with Gasteiger partial charge < -0.3 is 15.5 Å². The van der Waals surface area contributed by atoms with Crippen LogP contribution in [-0.2, 0) is 4.79 Å². The fourth-order valence-electron chi connectivity index (χ4n) is 2.12. The Morgan fingerprint density at radius 2 is 2.07 bits per heavy atom. The summed E-state index contributed by atoms with van der Waals surface area (Å²) in [5.74, 6) is 0.487. The summed E-state index contributed by atoms with van der Waals surface area (Å²) in [4.78, 5) is 22.4. The number of hydrogen-bond donors (Lipinski definition) is 3. The largest absolute Gasteiger partial charge is 0.444 e. The maximum atomic E-state index is 12.1. The van der Waals surface area contributed by atoms with Crippen LogP contribution in [0, 0.1) is 0 Å². The number of halogens is 1. The molecule has 0 radical (unpaired) electrons. The Labute approximate surface area is 176 Å². The second kappa shape index (κ2) is 10.3. The van der Waals surface area contributed by atoms with E-state index in [4.69, 9.17) is 26.9 Å². The number of carbonyl (C=O) groups is 1. The molecule has 0 fully saturated rings. The van der Waals surface area contributed by atoms with Crippen LogP contribution in [0.15, 0.2) is 51.9 Å². The minimum atomic E-state index is -0.405. The second-order valence-electron chi connectivity index (χ2n) is 5.14. The summed E-state index contributed by atoms with van der Waals surface area (Å²) in [6, 6.07) is 5.29. The van der Waals surface area contributed by atoms with Gasteiger partial charge in [0.1, 0.15) is 17.0 Å². The number of amides is 1. The van der Waals surface area contributed by atoms with E-state index in [9.17, 15) is 4.79 Å². The maximum absolute atomic E-state index is 12.1. The van der Waals surface area contributed by atoms with Crippen LogP contribution < -0.4 is 16.2 Å². The highest BCUT2D eigenvalue weighted by Gasteiger charge is 2.15. The lowest BCUT2D eigenvalue weighted by molar-refractivity contribution is -0.112. The van der Waals surface area contributed by atoms with E-state index in [0.717, 1.165) is 27.3 Å². The minimum Gasteiger partial charge on any atom is -0.444 e. The highest BCUT2D eigenvalue weighted by atomic mass is 35.5. The van der Waals surface area contributed by atoms with Crippen LogP contribution in [0.1, 0.15) is 20.8 Å². The molecular weight excluding hydrogens is 418 g/mol. The third-order valence-corrected chi connectivity index (χ3v) is 5.60. The lowest BCUT2D eigenvalue weighted by Gasteiger charge is -2.07. The quantitative estimate of drug-likeness (QED) is 0.384. The van der Waals surface area contributed by atoms with E-state index in [2.05, 4.69) is 15.3 Å². The van der Waals surface area contributed by atoms with Gasteiger partial charge in [0.25, 0.3) is 5.91 Å². The van der Waals surface area contributed by atoms with Gasteiger partial charge in [0.15, 0.2) is 0 Å². The number of allylic oxidation sites excluding steroid dienone is 1. The molecule has 1 amide bonds. The van der Waals surface area contributed by atoms with Crippen LogP contribution >= 0.6 is 34.9 Å². The van der Waals surface area contributed by atoms with Crippen molar-refractivity contribution in [1.29, 1.82) is 0 Å². The normalized spacial score (nSPS) is 11.3. The van der Waals surface area contributed by atoms with Crippen molar-refractivity contribution >= 4 is 46.6 Å². The third kappa shape index (κ3) is 5.14. The monoisotopic (exact) mass is 437 g/mol. The summed E-state index contributed by atoms with van der Waals surface area (Å²) in [7, 11) is 0. The summed E-state index contributed by atoms with van der Waals surface area (Å²) in [6.45, 7) is 5.61. The smallest absolute Gasteiger partial charge is 0.266 e. The van der Waals surface area contributed by atoms with E-state index in [1.54, 1.807) is 31.5 Å². The van der Waals surface area contributed by atoms with Gasteiger partial charge in [-0.2, -0.15) is 0 Å². The summed E-state index contributed by atoms with van der Waals surface area (Å²) in [5.41, 5.74) is 6.79. The van der Waals surface area contributed by atoms with Crippen LogP contribution in [0.2, 0.25) is 5.02 Å². The third-order valence-electron chi connectivity index (χ3n) is 3.28. The van der Waals surface area contributed by atoms with Gasteiger partial charge >= 0.3 is 0 Å². The molecule has 28 heavy (non-hydrogen) atoms. The molecule has 3 aromatic heterocycles. The molecule has 0 spiro atoms. The molecule has 0 unspecified atom stereocenters. The average Bonchev–Trinajstić information content (AvgIpc) is 3.34. The molecule has 3 aromatic rings. The zero-order valence-electron chi connectivity index (χ0n) is 15.5. The molecule has 10 heteroatoms. The van der Waals surface area contributed by atoms with Crippen LogP contribution in [0.25, 0.3) is 21.2 Å². The Morgan fingerprint density at radius 1 is 1.32 bits per heavy atom. The van der Waals surface area contributed by atoms with Crippen LogP contribution in [0.3, 0.4) is 0 Å². The van der Waals surface area contributed by atoms with Gasteiger partial charge in [-0.3, -0.25) is 9.93 Å². The molecule has 0 aliphatic heterocycles. The van der Waals surface area contributed by atoms with Gasteiger partial charge in [-0.05, 0) is 37.1 Å². The molecule has 0 aliphatic carbocycles. The first-order valence-electron chi connectivity index (χ1n) is 8.29. The maximum Gasteiger partial charge on any atom is 0.266 e. The highest BCUT2D eigenvalue weighted by Crippen LogP contribution is 2.40. The summed E-state index contributed by atoms with van der Waals surface area (Å²) >= 11 is 8.56. The van der Waals surface area contributed by atoms with Crippen LogP contribution in [0.4, 0.5) is 5.82 Å². The average molecular weight is 438 g/mol. The number of pyridine rings is 1. The number of oxazole rings is 1. The predicted octanol–water partition coefficient (Wildman–Crippen LogP) is 4.88. The first-order valence-corrected chi connectivity index (χ1v) is 10.4. The van der Waals surface area contributed by atoms with Gasteiger partial charge in [-0.15, -0.1) is 11.3 Å². The molecule has 0 saturated carbocycles. The summed E-state index contributed by atoms with van der Waals surface area (Å²) < 4.78 is 5.29. The molecule has 0 saturated heterocycles. The molecule has 7 nitrogen and oxygen atoms in total. The van der Waals surface area contributed by atoms with E-state index < -0.39 is 5.91 Å². The molecular formula is C18H20ClN5O2S2. The van der Waals surface area contributed by atoms with E-state index >= 15 is 0 Å². The van der Waals surface area contributed by atoms with E-state index in [-0.39, 0.29) is 4.91 Å².